The van der Waals surface area contributed by atoms with Crippen LogP contribution >= 0.6 is 39.1 Å². The van der Waals surface area contributed by atoms with E-state index in [0.29, 0.717) is 0 Å². The Labute approximate surface area is 420 Å². The molecule has 0 spiro atoms. The Morgan fingerprint density at radius 2 is 0.908 bits per heavy atom. The molecular formula is C31H42N15O25P5. The monoisotopic (exact) mass is 1180 g/mol. The molecule has 0 amide bonds. The summed E-state index contributed by atoms with van der Waals surface area (Å²) in [6.45, 7) is -1.95. The first kappa shape index (κ1) is 56.1. The molecule has 0 radical (unpaired) electrons. The van der Waals surface area contributed by atoms with E-state index in [2.05, 4.69) is 58.0 Å². The predicted octanol–water partition coefficient (Wildman–Crippen LogP) is -2.96. The highest BCUT2D eigenvalue weighted by Gasteiger charge is 2.54. The van der Waals surface area contributed by atoms with E-state index < -0.39 is 133 Å². The molecule has 45 heteroatoms. The van der Waals surface area contributed by atoms with Gasteiger partial charge in [-0.25, -0.2) is 67.7 Å². The lowest BCUT2D eigenvalue weighted by atomic mass is 10.1. The number of hydrogen-bond acceptors (Lipinski definition) is 31. The van der Waals surface area contributed by atoms with Crippen LogP contribution in [0.2, 0.25) is 0 Å². The van der Waals surface area contributed by atoms with E-state index in [1.54, 1.807) is 0 Å². The molecule has 3 fully saturated rings. The van der Waals surface area contributed by atoms with Crippen LogP contribution in [0.25, 0.3) is 33.5 Å². The van der Waals surface area contributed by atoms with Crippen LogP contribution < -0.4 is 17.2 Å². The molecule has 0 aromatic carbocycles. The predicted molar refractivity (Wildman–Crippen MR) is 241 cm³/mol. The first-order valence-corrected chi connectivity index (χ1v) is 28.6. The standard InChI is InChI=1S/C31H42N15O25P5/c1-10-42-25(34)16-28(43-10)46(9-41-16)31-22(19(49)13(67-31)4-64-75(58,59)71-76(60,61)70-72(51,52)53)69-74(56,57)63-3-12-18(48)21(30(66-12)45-8-40-15-24(33)36-6-38-27(15)45)68-73(54,55)62-2-11-17(47)20(50)29(65-11)44-7-39-14-23(32)35-5-37-26(14)44/h5-9,11-13,17-22,29-31,47-50H,2-4H2,1H3,(H,54,55)(H,56,57)(H,58,59)(H,60,61)(H2,32,35,37)(H2,33,36,38)(H2,34,42,43)(H2,51,52,53)/t11-,12-,13-,17-,18-,19-,20-,21-,22-,29-,30-,31-/m1/s1. The number of hydrogen-bond donors (Lipinski definition) is 13. The maximum Gasteiger partial charge on any atom is 0.490 e. The Balaban J connectivity index is 0.919. The number of nitrogen functional groups attached to an aromatic ring is 3. The van der Waals surface area contributed by atoms with E-state index >= 15 is 0 Å². The maximum atomic E-state index is 13.8. The average Bonchev–Trinajstić information content (AvgIpc) is 4.18. The van der Waals surface area contributed by atoms with Crippen LogP contribution in [0.1, 0.15) is 24.5 Å². The second-order valence-corrected chi connectivity index (χ2v) is 23.6. The van der Waals surface area contributed by atoms with Crippen molar-refractivity contribution in [1.29, 1.82) is 0 Å². The summed E-state index contributed by atoms with van der Waals surface area (Å²) >= 11 is 0. The van der Waals surface area contributed by atoms with E-state index in [1.807, 2.05) is 0 Å². The van der Waals surface area contributed by atoms with Crippen molar-refractivity contribution in [1.82, 2.24) is 58.6 Å². The van der Waals surface area contributed by atoms with Gasteiger partial charge in [0.05, 0.1) is 38.8 Å². The fraction of sp³-hybridized carbons (Fsp3) is 0.516. The molecule has 9 heterocycles. The summed E-state index contributed by atoms with van der Waals surface area (Å²) in [6, 6.07) is 0. The van der Waals surface area contributed by atoms with Gasteiger partial charge in [-0.1, -0.05) is 0 Å². The van der Waals surface area contributed by atoms with Crippen LogP contribution in [0.15, 0.2) is 31.6 Å². The molecule has 0 aliphatic carbocycles. The van der Waals surface area contributed by atoms with Gasteiger partial charge >= 0.3 is 39.1 Å². The number of phosphoric acid groups is 5. The second-order valence-electron chi connectivity index (χ2n) is 16.4. The number of phosphoric ester groups is 3. The highest BCUT2D eigenvalue weighted by atomic mass is 31.3. The van der Waals surface area contributed by atoms with Crippen molar-refractivity contribution in [2.24, 2.45) is 0 Å². The lowest BCUT2D eigenvalue weighted by Gasteiger charge is -2.25. The lowest BCUT2D eigenvalue weighted by molar-refractivity contribution is -0.0644. The van der Waals surface area contributed by atoms with Crippen LogP contribution in [0.4, 0.5) is 17.5 Å². The molecule has 16 atom stereocenters. The second kappa shape index (κ2) is 20.9. The zero-order chi connectivity index (χ0) is 55.0. The average molecular weight is 1180 g/mol. The third-order valence-electron chi connectivity index (χ3n) is 11.3. The highest BCUT2D eigenvalue weighted by Crippen LogP contribution is 2.66. The quantitative estimate of drug-likeness (QED) is 0.0340. The minimum absolute atomic E-state index is 0.000378. The first-order chi connectivity index (χ1) is 35.5. The molecule has 6 aromatic rings. The van der Waals surface area contributed by atoms with Gasteiger partial charge < -0.3 is 81.2 Å². The Bertz CT molecular complexity index is 3410. The summed E-state index contributed by atoms with van der Waals surface area (Å²) < 4.78 is 117. The number of aryl methyl sites for hydroxylation is 1. The van der Waals surface area contributed by atoms with Gasteiger partial charge in [0.25, 0.3) is 0 Å². The summed E-state index contributed by atoms with van der Waals surface area (Å²) in [4.78, 5) is 95.9. The van der Waals surface area contributed by atoms with E-state index in [-0.39, 0.29) is 56.8 Å². The van der Waals surface area contributed by atoms with Crippen LogP contribution in [0.5, 0.6) is 0 Å². The largest absolute Gasteiger partial charge is 0.490 e. The van der Waals surface area contributed by atoms with E-state index in [4.69, 9.17) is 59.3 Å². The Hall–Kier alpha value is -4.60. The molecule has 3 saturated heterocycles. The number of ether oxygens (including phenoxy) is 3. The summed E-state index contributed by atoms with van der Waals surface area (Å²) in [5.74, 6) is -0.220. The van der Waals surface area contributed by atoms with Crippen LogP contribution in [0, 0.1) is 6.92 Å². The van der Waals surface area contributed by atoms with Gasteiger partial charge in [-0.05, 0) is 6.92 Å². The van der Waals surface area contributed by atoms with Gasteiger partial charge in [-0.15, -0.1) is 0 Å². The van der Waals surface area contributed by atoms with E-state index in [0.717, 1.165) is 34.4 Å². The number of nitrogens with zero attached hydrogens (tertiary/aromatic N) is 12. The maximum absolute atomic E-state index is 13.8. The minimum Gasteiger partial charge on any atom is -0.387 e. The van der Waals surface area contributed by atoms with Crippen molar-refractivity contribution in [3.05, 3.63) is 37.5 Å². The lowest BCUT2D eigenvalue weighted by Crippen LogP contribution is -2.37. The number of anilines is 3. The molecular weight excluding hydrogens is 1140 g/mol. The number of aliphatic hydroxyl groups excluding tert-OH is 4. The fourth-order valence-electron chi connectivity index (χ4n) is 8.01. The molecule has 76 heavy (non-hydrogen) atoms. The number of imidazole rings is 3. The van der Waals surface area contributed by atoms with Crippen molar-refractivity contribution in [3.63, 3.8) is 0 Å². The van der Waals surface area contributed by atoms with Gasteiger partial charge in [0.1, 0.15) is 90.0 Å². The molecule has 3 aliphatic rings. The van der Waals surface area contributed by atoms with Crippen molar-refractivity contribution in [3.8, 4) is 0 Å². The minimum atomic E-state index is -6.00. The van der Waals surface area contributed by atoms with Crippen LogP contribution in [-0.4, -0.2) is 183 Å². The van der Waals surface area contributed by atoms with Gasteiger partial charge in [0.15, 0.2) is 53.1 Å². The first-order valence-electron chi connectivity index (χ1n) is 21.1. The smallest absolute Gasteiger partial charge is 0.387 e. The van der Waals surface area contributed by atoms with Crippen molar-refractivity contribution in [2.75, 3.05) is 37.0 Å². The molecule has 4 unspecified atom stereocenters. The Morgan fingerprint density at radius 3 is 1.38 bits per heavy atom. The number of aromatic nitrogens is 12. The van der Waals surface area contributed by atoms with E-state index in [9.17, 15) is 62.8 Å². The summed E-state index contributed by atoms with van der Waals surface area (Å²) in [5.41, 5.74) is 17.8. The molecule has 3 aliphatic heterocycles. The Morgan fingerprint density at radius 1 is 0.500 bits per heavy atom. The van der Waals surface area contributed by atoms with E-state index in [1.165, 1.54) is 17.8 Å². The molecule has 416 valence electrons. The summed E-state index contributed by atoms with van der Waals surface area (Å²) in [5, 5.41) is 44.8. The third-order valence-corrected chi connectivity index (χ3v) is 17.0. The topological polar surface area (TPSA) is 589 Å². The van der Waals surface area contributed by atoms with Crippen LogP contribution in [-0.2, 0) is 68.3 Å². The highest BCUT2D eigenvalue weighted by molar-refractivity contribution is 7.66. The zero-order valence-corrected chi connectivity index (χ0v) is 42.3. The van der Waals surface area contributed by atoms with Crippen molar-refractivity contribution in [2.45, 2.75) is 80.5 Å². The number of nitrogens with two attached hydrogens (primary N) is 3. The molecule has 9 rings (SSSR count). The summed E-state index contributed by atoms with van der Waals surface area (Å²) in [6.07, 6.45) is -16.6. The van der Waals surface area contributed by atoms with Crippen molar-refractivity contribution < 1.29 is 118 Å². The fourth-order valence-corrected chi connectivity index (χ4v) is 12.9. The molecule has 0 bridgehead atoms. The Kier molecular flexibility index (Phi) is 15.4. The van der Waals surface area contributed by atoms with Gasteiger partial charge in [-0.3, -0.25) is 36.3 Å². The van der Waals surface area contributed by atoms with Crippen LogP contribution in [0.3, 0.4) is 0 Å². The van der Waals surface area contributed by atoms with Crippen molar-refractivity contribution >= 4 is 90.1 Å². The molecule has 0 saturated carbocycles. The third kappa shape index (κ3) is 11.7. The van der Waals surface area contributed by atoms with Gasteiger partial charge in [-0.2, -0.15) is 8.62 Å². The number of aliphatic hydroxyl groups is 4. The molecule has 6 aromatic heterocycles. The normalized spacial score (nSPS) is 30.5. The number of fused-ring (bicyclic) bond motifs is 3. The molecule has 40 nitrogen and oxygen atoms in total. The van der Waals surface area contributed by atoms with Gasteiger partial charge in [0.2, 0.25) is 0 Å². The SMILES string of the molecule is Cc1nc(N)c2ncn([C@@H]3O[C@H](COP(=O)(O)OP(=O)(O)OP(=O)(O)O)[C@@H](O)[C@H]3OP(=O)(O)OC[C@H]3O[C@@H](n4cnc5c(N)ncnc54)[C@H](OP(=O)(O)OC[C@H]4O[C@@H](n5cnc6c(N)ncnc65)[C@H](O)[C@@H]4O)[C@@H]3O)c2n1. The summed E-state index contributed by atoms with van der Waals surface area (Å²) in [7, 11) is -28.7. The number of rotatable bonds is 20. The molecule has 16 N–H and O–H groups in total. The van der Waals surface area contributed by atoms with Gasteiger partial charge in [0, 0.05) is 0 Å². The zero-order valence-electron chi connectivity index (χ0n) is 37.9.